The Kier molecular flexibility index (Phi) is 38.3. The van der Waals surface area contributed by atoms with Gasteiger partial charge in [-0.25, -0.2) is 44.2 Å². The molecule has 14 atom stereocenters. The van der Waals surface area contributed by atoms with Crippen molar-refractivity contribution in [2.24, 2.45) is 35.3 Å². The minimum Gasteiger partial charge on any atom is -0.459 e. The maximum Gasteiger partial charge on any atom is 0.407 e. The number of nitrogen functional groups attached to an aromatic ring is 2. The number of aliphatic hydroxyl groups excluding tert-OH is 2. The second-order valence-electron chi connectivity index (χ2n) is 36.6. The van der Waals surface area contributed by atoms with E-state index in [1.54, 1.807) is 72.6 Å². The van der Waals surface area contributed by atoms with Gasteiger partial charge in [0.2, 0.25) is 23.6 Å². The summed E-state index contributed by atoms with van der Waals surface area (Å²) in [6.07, 6.45) is 15.7. The molecule has 0 radical (unpaired) electrons. The minimum absolute atomic E-state index is 0.0154. The number of ether oxygens (including phenoxy) is 9. The number of ketones is 3. The normalized spacial score (nSPS) is 21.0. The number of rotatable bonds is 48. The number of nitrogens with one attached hydrogen (secondary N) is 2. The molecule has 3 saturated heterocycles. The summed E-state index contributed by atoms with van der Waals surface area (Å²) < 4.78 is 59.6. The van der Waals surface area contributed by atoms with Crippen molar-refractivity contribution in [1.82, 2.24) is 65.1 Å². The maximum atomic E-state index is 14.4. The van der Waals surface area contributed by atoms with E-state index >= 15 is 0 Å². The molecule has 137 heavy (non-hydrogen) atoms. The molecule has 0 spiro atoms. The molecule has 5 aromatic heterocycles. The molecule has 1 saturated carbocycles. The van der Waals surface area contributed by atoms with Gasteiger partial charge in [-0.15, -0.1) is 0 Å². The van der Waals surface area contributed by atoms with E-state index in [2.05, 4.69) is 74.0 Å². The van der Waals surface area contributed by atoms with Crippen LogP contribution in [0.3, 0.4) is 0 Å². The number of anilines is 4. The lowest BCUT2D eigenvalue weighted by molar-refractivity contribution is -0.265. The summed E-state index contributed by atoms with van der Waals surface area (Å²) in [5.41, 5.74) is 27.8. The molecule has 4 fully saturated rings. The van der Waals surface area contributed by atoms with Gasteiger partial charge in [0.05, 0.1) is 88.7 Å². The number of alkyl carbamates (subject to hydrolysis) is 1. The molecule has 7 aromatic rings. The highest BCUT2D eigenvalue weighted by Gasteiger charge is 2.53. The number of piperidine rings is 1. The standard InChI is InChI=1S/C98H134N18O21/c1-59(2)76(117)50-80(134-93(125)75-18-14-15-30-115(75)92(124)88(122)98(127)64(8)19-24-72(137-98)49-79(128-9)62(6)17-13-11-12-16-61(5)44-63(7)86(120)87(121)85(119)60(3)4)73(99)46-65-21-25-78(81(47-65)129-10)136-97(126)102-29-37-131-39-41-133-43-42-132-40-38-130-36-28-82(118)103-51-67-52-104-95(105-53-67)112-32-34-113(35-33-112)96-106-54-71(55-107-96)91(123)114-31-27-68-45-66(20-22-70(68)57-114)56-116-90-83(89(100)108-58-109-90)84(111-116)69-23-26-77-74(48-69)110-94(101)135-77/h11-13,16-17,20,22-23,26,45,48,52-55,58-59,61,63-65,72-73,75,78-81,85,87,119,121,127H,3,14-15,18-19,21,24-25,27-44,46-47,49-51,56-57,99H2,1-2,4-10H3,(H2,101,110)(H,102,126)(H,103,118)(H2,100,108,109)/b13-11+,16-12+,62-17+/t61-,63-,64-,65+,72+,73-,75+,78-,79+,80+,81-,85-,87-,98-/m1/s1. The number of piperazine rings is 1. The number of likely N-dealkylation sites (tertiary alicyclic amines) is 1. The Morgan fingerprint density at radius 3 is 2.11 bits per heavy atom. The number of hydrogen-bond acceptors (Lipinski definition) is 34. The molecule has 742 valence electrons. The summed E-state index contributed by atoms with van der Waals surface area (Å²) in [5, 5.41) is 43.7. The van der Waals surface area contributed by atoms with Gasteiger partial charge >= 0.3 is 12.1 Å². The van der Waals surface area contributed by atoms with Gasteiger partial charge in [0, 0.05) is 152 Å². The van der Waals surface area contributed by atoms with E-state index in [4.69, 9.17) is 69.3 Å². The Hall–Kier alpha value is -11.5. The summed E-state index contributed by atoms with van der Waals surface area (Å²) in [6, 6.07) is 9.83. The molecule has 9 heterocycles. The molecule has 1 aliphatic carbocycles. The Morgan fingerprint density at radius 1 is 0.730 bits per heavy atom. The van der Waals surface area contributed by atoms with Gasteiger partial charge in [-0.1, -0.05) is 89.8 Å². The van der Waals surface area contributed by atoms with Crippen molar-refractivity contribution in [3.05, 3.63) is 143 Å². The quantitative estimate of drug-likeness (QED) is 0.00597. The van der Waals surface area contributed by atoms with Crippen molar-refractivity contribution >= 4 is 93.0 Å². The number of nitrogens with zero attached hydrogens (tertiary/aromatic N) is 13. The van der Waals surface area contributed by atoms with E-state index < -0.39 is 108 Å². The molecule has 4 aliphatic heterocycles. The van der Waals surface area contributed by atoms with Crippen molar-refractivity contribution in [2.45, 2.75) is 219 Å². The van der Waals surface area contributed by atoms with Crippen LogP contribution in [0.5, 0.6) is 0 Å². The first-order valence-corrected chi connectivity index (χ1v) is 47.4. The number of carbonyl (C=O) groups is 8. The number of oxazole rings is 1. The zero-order chi connectivity index (χ0) is 98.0. The fraction of sp³-hybridized carbons (Fsp3) is 0.571. The number of allylic oxidation sites excluding steroid dienone is 5. The second-order valence-corrected chi connectivity index (χ2v) is 36.6. The average Bonchev–Trinajstić information content (AvgIpc) is 1.71. The van der Waals surface area contributed by atoms with Gasteiger partial charge in [-0.2, -0.15) is 10.1 Å². The predicted molar refractivity (Wildman–Crippen MR) is 508 cm³/mol. The highest BCUT2D eigenvalue weighted by Crippen LogP contribution is 2.39. The van der Waals surface area contributed by atoms with Crippen LogP contribution in [0.2, 0.25) is 0 Å². The van der Waals surface area contributed by atoms with E-state index in [1.807, 2.05) is 72.0 Å². The van der Waals surface area contributed by atoms with Crippen LogP contribution in [0.1, 0.15) is 165 Å². The number of benzene rings is 2. The maximum absolute atomic E-state index is 14.4. The number of aromatic nitrogens is 9. The topological polar surface area (TPSA) is 517 Å². The summed E-state index contributed by atoms with van der Waals surface area (Å²) in [5.74, 6) is -6.92. The largest absolute Gasteiger partial charge is 0.459 e. The number of hydrogen-bond donors (Lipinski definition) is 8. The van der Waals surface area contributed by atoms with Crippen molar-refractivity contribution in [2.75, 3.05) is 134 Å². The first kappa shape index (κ1) is 104. The van der Waals surface area contributed by atoms with Gasteiger partial charge < -0.3 is 110 Å². The summed E-state index contributed by atoms with van der Waals surface area (Å²) in [7, 11) is 3.07. The molecule has 39 nitrogen and oxygen atoms in total. The number of Topliss-reactive ketones (excluding diaryl/α,β-unsaturated/α-hetero) is 3. The minimum atomic E-state index is -2.51. The zero-order valence-electron chi connectivity index (χ0n) is 79.9. The van der Waals surface area contributed by atoms with E-state index in [0.29, 0.717) is 200 Å². The molecular formula is C98H134N18O21. The Balaban J connectivity index is 0.473. The lowest BCUT2D eigenvalue weighted by Gasteiger charge is -2.42. The number of carbonyl (C=O) groups excluding carboxylic acids is 8. The smallest absolute Gasteiger partial charge is 0.407 e. The fourth-order valence-corrected chi connectivity index (χ4v) is 17.9. The third kappa shape index (κ3) is 28.4. The molecule has 39 heteroatoms. The fourth-order valence-electron chi connectivity index (χ4n) is 17.9. The van der Waals surface area contributed by atoms with Crippen LogP contribution in [-0.2, 0) is 97.5 Å². The Bertz CT molecular complexity index is 5350. The van der Waals surface area contributed by atoms with Gasteiger partial charge in [0.15, 0.2) is 17.0 Å². The number of aliphatic hydroxyl groups is 3. The van der Waals surface area contributed by atoms with Crippen molar-refractivity contribution in [1.29, 1.82) is 0 Å². The van der Waals surface area contributed by atoms with Gasteiger partial charge in [-0.05, 0) is 142 Å². The van der Waals surface area contributed by atoms with Crippen molar-refractivity contribution in [3.63, 3.8) is 0 Å². The average molecular weight is 1900 g/mol. The van der Waals surface area contributed by atoms with Crippen LogP contribution >= 0.6 is 0 Å². The van der Waals surface area contributed by atoms with Crippen LogP contribution in [0.15, 0.2) is 120 Å². The SMILES string of the molecule is C=C(C)[C@@H](O)[C@@H](O)C(=O)[C@H](C)C[C@H](C)/C=C/C=C/C=C(\C)[C@H](C[C@@H]1CC[C@@H](C)[C@](O)(C(=O)C(=O)N2CCCC[C@H]2C(=O)O[C@@H](CC(=O)C(C)C)[C@H](N)C[C@@H]2CC[C@@H](OC(=O)NCCOCCOCCOCCOCCC(=O)NCc3cnc(N4CCN(c5ncc(C(=O)N6CCc7cc(Cn8nc(-c9ccc%10oc(N)nc%10c9)c9c(N)ncnc98)ccc7C6)cn5)CC4)nc3)[C@H](OC)C2)O1)OC. The molecule has 11 N–H and O–H groups in total. The predicted octanol–water partition coefficient (Wildman–Crippen LogP) is 7.63. The second kappa shape index (κ2) is 50.2. The third-order valence-corrected chi connectivity index (χ3v) is 26.0. The van der Waals surface area contributed by atoms with Crippen LogP contribution in [0, 0.1) is 29.6 Å². The zero-order valence-corrected chi connectivity index (χ0v) is 79.9. The molecule has 12 rings (SSSR count). The molecular weight excluding hydrogens is 1770 g/mol. The summed E-state index contributed by atoms with van der Waals surface area (Å²) in [4.78, 5) is 147. The van der Waals surface area contributed by atoms with Crippen molar-refractivity contribution in [3.8, 4) is 11.3 Å². The molecule has 4 amide bonds. The number of fused-ring (bicyclic) bond motifs is 3. The highest BCUT2D eigenvalue weighted by atomic mass is 16.6. The Labute approximate surface area is 797 Å². The van der Waals surface area contributed by atoms with E-state index in [1.165, 1.54) is 13.4 Å². The lowest BCUT2D eigenvalue weighted by atomic mass is 9.80. The van der Waals surface area contributed by atoms with Crippen LogP contribution in [0.4, 0.5) is 28.5 Å². The van der Waals surface area contributed by atoms with Crippen LogP contribution in [0.25, 0.3) is 33.4 Å². The molecule has 2 aromatic carbocycles. The monoisotopic (exact) mass is 1900 g/mol. The van der Waals surface area contributed by atoms with Crippen molar-refractivity contribution < 1.29 is 101 Å². The third-order valence-electron chi connectivity index (χ3n) is 26.0. The molecule has 5 aliphatic rings. The first-order chi connectivity index (χ1) is 65.9. The van der Waals surface area contributed by atoms with Gasteiger partial charge in [0.25, 0.3) is 23.6 Å². The van der Waals surface area contributed by atoms with E-state index in [-0.39, 0.29) is 101 Å². The summed E-state index contributed by atoms with van der Waals surface area (Å²) in [6.45, 7) is 22.4. The Morgan fingerprint density at radius 2 is 1.42 bits per heavy atom. The van der Waals surface area contributed by atoms with Crippen LogP contribution in [-0.4, -0.2) is 290 Å². The first-order valence-electron chi connectivity index (χ1n) is 47.4. The number of nitrogens with two attached hydrogens (primary N) is 3. The van der Waals surface area contributed by atoms with E-state index in [9.17, 15) is 53.7 Å². The van der Waals surface area contributed by atoms with E-state index in [0.717, 1.165) is 38.3 Å². The number of amides is 4. The van der Waals surface area contributed by atoms with Crippen LogP contribution < -0.4 is 37.6 Å². The highest BCUT2D eigenvalue weighted by molar-refractivity contribution is 6.39. The lowest BCUT2D eigenvalue weighted by Crippen LogP contribution is -2.61. The molecule has 0 unspecified atom stereocenters. The van der Waals surface area contributed by atoms with Gasteiger partial charge in [0.1, 0.15) is 59.6 Å². The number of methoxy groups -OCH3 is 2. The molecule has 0 bridgehead atoms. The van der Waals surface area contributed by atoms with Gasteiger partial charge in [-0.3, -0.25) is 28.8 Å². The summed E-state index contributed by atoms with van der Waals surface area (Å²) >= 11 is 0. The number of esters is 1.